The number of aromatic hydroxyl groups is 1. The van der Waals surface area contributed by atoms with Gasteiger partial charge in [-0.1, -0.05) is 77.9 Å². The van der Waals surface area contributed by atoms with Gasteiger partial charge in [0, 0.05) is 13.1 Å². The third-order valence-electron chi connectivity index (χ3n) is 5.34. The van der Waals surface area contributed by atoms with Gasteiger partial charge in [-0.05, 0) is 38.6 Å². The Morgan fingerprint density at radius 1 is 0.774 bits per heavy atom. The molecule has 0 atom stereocenters. The summed E-state index contributed by atoms with van der Waals surface area (Å²) in [5, 5.41) is 14.1. The van der Waals surface area contributed by atoms with Crippen molar-refractivity contribution in [3.8, 4) is 5.75 Å². The van der Waals surface area contributed by atoms with Crippen LogP contribution in [0.4, 0.5) is 13.2 Å². The zero-order valence-corrected chi connectivity index (χ0v) is 19.1. The van der Waals surface area contributed by atoms with Crippen LogP contribution in [0, 0.1) is 0 Å². The minimum absolute atomic E-state index is 0.188. The van der Waals surface area contributed by atoms with Crippen LogP contribution in [0.3, 0.4) is 0 Å². The number of phenolic OH excluding ortho intramolecular Hbond substituents is 1. The van der Waals surface area contributed by atoms with E-state index in [1.807, 2.05) is 12.1 Å². The molecular formula is C24H34F3N3O. The van der Waals surface area contributed by atoms with Gasteiger partial charge in [0.1, 0.15) is 5.75 Å². The molecule has 0 spiro atoms. The van der Waals surface area contributed by atoms with Crippen LogP contribution in [0.2, 0.25) is 0 Å². The van der Waals surface area contributed by atoms with Crippen LogP contribution in [0.1, 0.15) is 69.4 Å². The first-order valence-electron chi connectivity index (χ1n) is 10.3. The number of alkyl halides is 3. The number of hydrogen-bond acceptors (Lipinski definition) is 4. The van der Waals surface area contributed by atoms with Crippen molar-refractivity contribution < 1.29 is 18.3 Å². The number of benzene rings is 2. The lowest BCUT2D eigenvalue weighted by molar-refractivity contribution is -0.188. The molecule has 0 aromatic heterocycles. The van der Waals surface area contributed by atoms with E-state index in [1.165, 1.54) is 12.1 Å². The van der Waals surface area contributed by atoms with Crippen molar-refractivity contribution in [1.29, 1.82) is 0 Å². The summed E-state index contributed by atoms with van der Waals surface area (Å²) >= 11 is 0. The van der Waals surface area contributed by atoms with E-state index in [4.69, 9.17) is 11.5 Å². The van der Waals surface area contributed by atoms with E-state index in [9.17, 15) is 18.3 Å². The monoisotopic (exact) mass is 437 g/mol. The summed E-state index contributed by atoms with van der Waals surface area (Å²) in [5.74, 6) is 0.330. The first-order chi connectivity index (χ1) is 13.9. The summed E-state index contributed by atoms with van der Waals surface area (Å²) in [6.45, 7) is 13.4. The molecule has 0 heterocycles. The zero-order chi connectivity index (χ0) is 23.8. The van der Waals surface area contributed by atoms with Gasteiger partial charge in [0.05, 0.1) is 0 Å². The molecule has 2 aromatic carbocycles. The third-order valence-corrected chi connectivity index (χ3v) is 5.34. The maximum absolute atomic E-state index is 13.0. The Bertz CT molecular complexity index is 871. The summed E-state index contributed by atoms with van der Waals surface area (Å²) in [7, 11) is 0. The standard InChI is InChI=1S/C24H34F3N3O/c1-21(2,3)18-11-16(12-19(20(18)31)22(4,5)6)14-30-13-15-7-9-17(10-8-15)23(28,29)24(25,26)27/h7-12,30-31H,13-14,28-29H2,1-6H3. The minimum atomic E-state index is -4.73. The number of hydrogen-bond donors (Lipinski definition) is 4. The Labute approximate surface area is 182 Å². The van der Waals surface area contributed by atoms with Crippen LogP contribution in [-0.2, 0) is 29.6 Å². The SMILES string of the molecule is CC(C)(C)c1cc(CNCc2ccc(C(N)(N)C(F)(F)F)cc2)cc(C(C)(C)C)c1O. The Balaban J connectivity index is 2.17. The molecule has 2 aromatic rings. The van der Waals surface area contributed by atoms with Crippen molar-refractivity contribution in [3.63, 3.8) is 0 Å². The molecule has 4 nitrogen and oxygen atoms in total. The highest BCUT2D eigenvalue weighted by Gasteiger charge is 2.50. The summed E-state index contributed by atoms with van der Waals surface area (Å²) in [6.07, 6.45) is -4.73. The van der Waals surface area contributed by atoms with E-state index in [-0.39, 0.29) is 16.4 Å². The Kier molecular flexibility index (Phi) is 6.86. The molecule has 0 bridgehead atoms. The second-order valence-corrected chi connectivity index (χ2v) is 10.2. The van der Waals surface area contributed by atoms with Gasteiger partial charge in [0.25, 0.3) is 0 Å². The zero-order valence-electron chi connectivity index (χ0n) is 19.1. The lowest BCUT2D eigenvalue weighted by atomic mass is 9.78. The second-order valence-electron chi connectivity index (χ2n) is 10.2. The minimum Gasteiger partial charge on any atom is -0.507 e. The first kappa shape index (κ1) is 25.2. The average molecular weight is 438 g/mol. The van der Waals surface area contributed by atoms with E-state index in [0.717, 1.165) is 22.3 Å². The fourth-order valence-electron chi connectivity index (χ4n) is 3.35. The lowest BCUT2D eigenvalue weighted by Gasteiger charge is -2.28. The predicted octanol–water partition coefficient (Wildman–Crippen LogP) is 4.91. The predicted molar refractivity (Wildman–Crippen MR) is 119 cm³/mol. The van der Waals surface area contributed by atoms with Crippen molar-refractivity contribution in [2.75, 3.05) is 0 Å². The normalized spacial score (nSPS) is 13.5. The Hall–Kier alpha value is -2.09. The highest BCUT2D eigenvalue weighted by atomic mass is 19.4. The smallest absolute Gasteiger partial charge is 0.423 e. The van der Waals surface area contributed by atoms with Crippen molar-refractivity contribution in [2.45, 2.75) is 77.3 Å². The van der Waals surface area contributed by atoms with E-state index in [0.29, 0.717) is 18.8 Å². The molecule has 0 aliphatic carbocycles. The van der Waals surface area contributed by atoms with E-state index < -0.39 is 11.8 Å². The van der Waals surface area contributed by atoms with Crippen LogP contribution >= 0.6 is 0 Å². The molecule has 0 aliphatic heterocycles. The number of rotatable bonds is 5. The lowest BCUT2D eigenvalue weighted by Crippen LogP contribution is -2.57. The molecule has 2 rings (SSSR count). The van der Waals surface area contributed by atoms with Crippen molar-refractivity contribution >= 4 is 0 Å². The molecule has 0 saturated heterocycles. The fraction of sp³-hybridized carbons (Fsp3) is 0.500. The number of nitrogens with two attached hydrogens (primary N) is 2. The Morgan fingerprint density at radius 2 is 1.19 bits per heavy atom. The van der Waals surface area contributed by atoms with Gasteiger partial charge in [0.2, 0.25) is 0 Å². The largest absolute Gasteiger partial charge is 0.507 e. The number of halogens is 3. The van der Waals surface area contributed by atoms with Crippen LogP contribution in [0.15, 0.2) is 36.4 Å². The molecule has 0 aliphatic rings. The van der Waals surface area contributed by atoms with E-state index >= 15 is 0 Å². The summed E-state index contributed by atoms with van der Waals surface area (Å²) < 4.78 is 39.0. The quantitative estimate of drug-likeness (QED) is 0.501. The third kappa shape index (κ3) is 5.79. The van der Waals surface area contributed by atoms with Crippen LogP contribution in [0.25, 0.3) is 0 Å². The summed E-state index contributed by atoms with van der Waals surface area (Å²) in [5.41, 5.74) is 10.7. The molecule has 0 fully saturated rings. The van der Waals surface area contributed by atoms with Gasteiger partial charge in [-0.25, -0.2) is 0 Å². The highest BCUT2D eigenvalue weighted by Crippen LogP contribution is 2.39. The second kappa shape index (κ2) is 8.45. The Morgan fingerprint density at radius 3 is 1.58 bits per heavy atom. The molecule has 0 unspecified atom stereocenters. The highest BCUT2D eigenvalue weighted by molar-refractivity contribution is 5.49. The van der Waals surface area contributed by atoms with Crippen molar-refractivity contribution in [2.24, 2.45) is 11.5 Å². The molecule has 0 amide bonds. The average Bonchev–Trinajstić information content (AvgIpc) is 2.60. The molecule has 6 N–H and O–H groups in total. The first-order valence-corrected chi connectivity index (χ1v) is 10.3. The summed E-state index contributed by atoms with van der Waals surface area (Å²) in [4.78, 5) is 0. The molecule has 0 radical (unpaired) electrons. The van der Waals surface area contributed by atoms with Gasteiger partial charge in [-0.3, -0.25) is 0 Å². The van der Waals surface area contributed by atoms with Gasteiger partial charge in [-0.15, -0.1) is 0 Å². The van der Waals surface area contributed by atoms with Gasteiger partial charge >= 0.3 is 6.18 Å². The van der Waals surface area contributed by atoms with E-state index in [2.05, 4.69) is 46.9 Å². The summed E-state index contributed by atoms with van der Waals surface area (Å²) in [6, 6.07) is 9.78. The molecular weight excluding hydrogens is 403 g/mol. The van der Waals surface area contributed by atoms with Crippen molar-refractivity contribution in [1.82, 2.24) is 5.32 Å². The van der Waals surface area contributed by atoms with E-state index in [1.54, 1.807) is 12.1 Å². The maximum atomic E-state index is 13.0. The maximum Gasteiger partial charge on any atom is 0.423 e. The van der Waals surface area contributed by atoms with Crippen molar-refractivity contribution in [3.05, 3.63) is 64.2 Å². The molecule has 0 saturated carbocycles. The van der Waals surface area contributed by atoms with Gasteiger partial charge in [0.15, 0.2) is 5.66 Å². The van der Waals surface area contributed by atoms with Crippen LogP contribution < -0.4 is 16.8 Å². The van der Waals surface area contributed by atoms with Crippen LogP contribution in [0.5, 0.6) is 5.75 Å². The molecule has 31 heavy (non-hydrogen) atoms. The molecule has 172 valence electrons. The fourth-order valence-corrected chi connectivity index (χ4v) is 3.35. The topological polar surface area (TPSA) is 84.3 Å². The number of phenols is 1. The number of nitrogens with one attached hydrogen (secondary N) is 1. The van der Waals surface area contributed by atoms with Gasteiger partial charge in [-0.2, -0.15) is 13.2 Å². The van der Waals surface area contributed by atoms with Crippen LogP contribution in [-0.4, -0.2) is 11.3 Å². The molecule has 7 heteroatoms. The van der Waals surface area contributed by atoms with Gasteiger partial charge < -0.3 is 21.9 Å².